The van der Waals surface area contributed by atoms with E-state index in [0.717, 1.165) is 22.2 Å². The Morgan fingerprint density at radius 1 is 1.25 bits per heavy atom. The number of aryl methyl sites for hydroxylation is 1. The van der Waals surface area contributed by atoms with Crippen molar-refractivity contribution < 1.29 is 13.6 Å². The van der Waals surface area contributed by atoms with Gasteiger partial charge in [0.05, 0.1) is 10.6 Å². The normalized spacial score (nSPS) is 11.0. The van der Waals surface area contributed by atoms with Gasteiger partial charge >= 0.3 is 0 Å². The summed E-state index contributed by atoms with van der Waals surface area (Å²) in [6.07, 6.45) is 0.493. The molecule has 24 heavy (non-hydrogen) atoms. The molecule has 1 heterocycles. The summed E-state index contributed by atoms with van der Waals surface area (Å²) in [4.78, 5) is 15.3. The van der Waals surface area contributed by atoms with E-state index >= 15 is 0 Å². The topological polar surface area (TPSA) is 44.9 Å². The molecule has 6 heteroatoms. The van der Waals surface area contributed by atoms with E-state index < -0.39 is 11.7 Å². The zero-order valence-electron chi connectivity index (χ0n) is 12.9. The van der Waals surface area contributed by atoms with Gasteiger partial charge in [-0.1, -0.05) is 17.7 Å². The maximum Gasteiger partial charge on any atom is 0.255 e. The van der Waals surface area contributed by atoms with Gasteiger partial charge in [0.1, 0.15) is 11.6 Å². The third kappa shape index (κ3) is 3.12. The molecule has 0 atom stereocenters. The first-order chi connectivity index (χ1) is 11.5. The van der Waals surface area contributed by atoms with Crippen molar-refractivity contribution in [2.24, 2.45) is 0 Å². The van der Waals surface area contributed by atoms with Gasteiger partial charge in [0.25, 0.3) is 5.91 Å². The fraction of sp³-hybridized carbons (Fsp3) is 0.167. The summed E-state index contributed by atoms with van der Waals surface area (Å²) in [5.41, 5.74) is 2.51. The second-order valence-corrected chi connectivity index (χ2v) is 5.93. The Morgan fingerprint density at radius 2 is 2.04 bits per heavy atom. The summed E-state index contributed by atoms with van der Waals surface area (Å²) in [7, 11) is 0. The number of amides is 1. The van der Waals surface area contributed by atoms with E-state index in [9.17, 15) is 13.6 Å². The second kappa shape index (κ2) is 6.61. The minimum absolute atomic E-state index is 0.0674. The molecule has 2 aromatic carbocycles. The quantitative estimate of drug-likeness (QED) is 0.722. The van der Waals surface area contributed by atoms with Crippen LogP contribution in [0.5, 0.6) is 0 Å². The predicted octanol–water partition coefficient (Wildman–Crippen LogP) is 4.38. The Hall–Kier alpha value is -2.40. The van der Waals surface area contributed by atoms with Crippen LogP contribution >= 0.6 is 11.6 Å². The summed E-state index contributed by atoms with van der Waals surface area (Å²) in [6.45, 7) is 2.18. The number of hydrogen-bond acceptors (Lipinski definition) is 1. The number of carbonyl (C=O) groups is 1. The number of aromatic amines is 1. The van der Waals surface area contributed by atoms with Crippen molar-refractivity contribution in [2.75, 3.05) is 6.54 Å². The molecular weight excluding hydrogens is 334 g/mol. The summed E-state index contributed by atoms with van der Waals surface area (Å²) >= 11 is 5.88. The summed E-state index contributed by atoms with van der Waals surface area (Å²) in [6, 6.07) is 8.63. The predicted molar refractivity (Wildman–Crippen MR) is 90.4 cm³/mol. The van der Waals surface area contributed by atoms with Crippen molar-refractivity contribution in [3.63, 3.8) is 0 Å². The van der Waals surface area contributed by atoms with Crippen LogP contribution in [0.25, 0.3) is 10.9 Å². The number of fused-ring (bicyclic) bond motifs is 1. The molecule has 0 spiro atoms. The van der Waals surface area contributed by atoms with Gasteiger partial charge < -0.3 is 10.3 Å². The second-order valence-electron chi connectivity index (χ2n) is 5.52. The van der Waals surface area contributed by atoms with Crippen LogP contribution < -0.4 is 5.32 Å². The molecule has 3 rings (SSSR count). The molecule has 2 N–H and O–H groups in total. The molecule has 0 aliphatic rings. The summed E-state index contributed by atoms with van der Waals surface area (Å²) in [5, 5.41) is 3.50. The number of nitrogens with one attached hydrogen (secondary N) is 2. The van der Waals surface area contributed by atoms with Crippen molar-refractivity contribution in [3.8, 4) is 0 Å². The van der Waals surface area contributed by atoms with Crippen LogP contribution in [0.1, 0.15) is 21.6 Å². The van der Waals surface area contributed by atoms with Gasteiger partial charge in [-0.2, -0.15) is 0 Å². The number of aromatic nitrogens is 1. The highest BCUT2D eigenvalue weighted by Gasteiger charge is 2.16. The minimum Gasteiger partial charge on any atom is -0.358 e. The van der Waals surface area contributed by atoms with E-state index in [0.29, 0.717) is 6.42 Å². The third-order valence-electron chi connectivity index (χ3n) is 3.93. The molecule has 1 aromatic heterocycles. The maximum atomic E-state index is 13.7. The lowest BCUT2D eigenvalue weighted by Crippen LogP contribution is -2.27. The fourth-order valence-corrected chi connectivity index (χ4v) is 3.03. The van der Waals surface area contributed by atoms with Crippen molar-refractivity contribution in [1.82, 2.24) is 10.3 Å². The molecule has 0 fully saturated rings. The number of hydrogen-bond donors (Lipinski definition) is 2. The molecule has 0 aliphatic carbocycles. The molecule has 3 nitrogen and oxygen atoms in total. The highest BCUT2D eigenvalue weighted by atomic mass is 35.5. The Labute approximate surface area is 142 Å². The molecule has 124 valence electrons. The van der Waals surface area contributed by atoms with Crippen molar-refractivity contribution in [2.45, 2.75) is 13.3 Å². The largest absolute Gasteiger partial charge is 0.358 e. The lowest BCUT2D eigenvalue weighted by Gasteiger charge is -2.08. The van der Waals surface area contributed by atoms with Crippen LogP contribution in [-0.2, 0) is 6.42 Å². The maximum absolute atomic E-state index is 13.7. The van der Waals surface area contributed by atoms with Crippen LogP contribution in [0.15, 0.2) is 36.4 Å². The van der Waals surface area contributed by atoms with Crippen molar-refractivity contribution >= 4 is 28.4 Å². The zero-order valence-corrected chi connectivity index (χ0v) is 13.7. The molecular formula is C18H15ClF2N2O. The highest BCUT2D eigenvalue weighted by Crippen LogP contribution is 2.23. The van der Waals surface area contributed by atoms with Crippen LogP contribution in [0.2, 0.25) is 5.02 Å². The Bertz CT molecular complexity index is 901. The van der Waals surface area contributed by atoms with Gasteiger partial charge in [-0.3, -0.25) is 4.79 Å². The number of halogens is 3. The summed E-state index contributed by atoms with van der Waals surface area (Å²) < 4.78 is 27.2. The van der Waals surface area contributed by atoms with Gasteiger partial charge in [-0.25, -0.2) is 8.78 Å². The van der Waals surface area contributed by atoms with E-state index in [1.54, 1.807) is 6.07 Å². The smallest absolute Gasteiger partial charge is 0.255 e. The monoisotopic (exact) mass is 348 g/mol. The molecule has 1 amide bonds. The SMILES string of the molecule is Cc1[nH]c2ccc(F)cc2c1CCNC(=O)c1c(F)cccc1Cl. The lowest BCUT2D eigenvalue weighted by molar-refractivity contribution is 0.0950. The van der Waals surface area contributed by atoms with Crippen LogP contribution in [0.4, 0.5) is 8.78 Å². The molecule has 0 saturated heterocycles. The molecule has 0 unspecified atom stereocenters. The highest BCUT2D eigenvalue weighted by molar-refractivity contribution is 6.33. The van der Waals surface area contributed by atoms with Gasteiger partial charge in [0.15, 0.2) is 0 Å². The van der Waals surface area contributed by atoms with Gasteiger partial charge in [0, 0.05) is 23.1 Å². The Kier molecular flexibility index (Phi) is 4.53. The average molecular weight is 349 g/mol. The first-order valence-corrected chi connectivity index (χ1v) is 7.84. The molecule has 0 aliphatic heterocycles. The number of H-pyrrole nitrogens is 1. The van der Waals surface area contributed by atoms with Gasteiger partial charge in [0.2, 0.25) is 0 Å². The van der Waals surface area contributed by atoms with Crippen LogP contribution in [0.3, 0.4) is 0 Å². The van der Waals surface area contributed by atoms with E-state index in [2.05, 4.69) is 10.3 Å². The number of carbonyl (C=O) groups excluding carboxylic acids is 1. The van der Waals surface area contributed by atoms with E-state index in [1.807, 2.05) is 6.92 Å². The zero-order chi connectivity index (χ0) is 17.3. The third-order valence-corrected chi connectivity index (χ3v) is 4.25. The molecule has 3 aromatic rings. The van der Waals surface area contributed by atoms with Gasteiger partial charge in [-0.05, 0) is 49.2 Å². The van der Waals surface area contributed by atoms with Crippen LogP contribution in [0, 0.1) is 18.6 Å². The minimum atomic E-state index is -0.662. The van der Waals surface area contributed by atoms with E-state index in [1.165, 1.54) is 30.3 Å². The van der Waals surface area contributed by atoms with E-state index in [-0.39, 0.29) is 22.9 Å². The lowest BCUT2D eigenvalue weighted by atomic mass is 10.1. The van der Waals surface area contributed by atoms with Crippen molar-refractivity contribution in [1.29, 1.82) is 0 Å². The Morgan fingerprint density at radius 3 is 2.79 bits per heavy atom. The standard InChI is InChI=1S/C18H15ClF2N2O/c1-10-12(13-9-11(20)5-6-16(13)23-10)7-8-22-18(24)17-14(19)3-2-4-15(17)21/h2-6,9,23H,7-8H2,1H3,(H,22,24). The average Bonchev–Trinajstić information content (AvgIpc) is 2.83. The van der Waals surface area contributed by atoms with Crippen LogP contribution in [-0.4, -0.2) is 17.4 Å². The number of benzene rings is 2. The Balaban J connectivity index is 1.74. The van der Waals surface area contributed by atoms with E-state index in [4.69, 9.17) is 11.6 Å². The molecule has 0 saturated carbocycles. The summed E-state index contributed by atoms with van der Waals surface area (Å²) in [5.74, 6) is -1.54. The first-order valence-electron chi connectivity index (χ1n) is 7.46. The van der Waals surface area contributed by atoms with Gasteiger partial charge in [-0.15, -0.1) is 0 Å². The fourth-order valence-electron chi connectivity index (χ4n) is 2.78. The first kappa shape index (κ1) is 16.5. The number of rotatable bonds is 4. The molecule has 0 radical (unpaired) electrons. The molecule has 0 bridgehead atoms. The van der Waals surface area contributed by atoms with Crippen molar-refractivity contribution in [3.05, 3.63) is 69.9 Å².